The lowest BCUT2D eigenvalue weighted by molar-refractivity contribution is 0.285. The van der Waals surface area contributed by atoms with E-state index in [1.165, 1.54) is 24.5 Å². The van der Waals surface area contributed by atoms with Gasteiger partial charge in [-0.25, -0.2) is 9.37 Å². The highest BCUT2D eigenvalue weighted by molar-refractivity contribution is 14.0. The fourth-order valence-corrected chi connectivity index (χ4v) is 3.67. The van der Waals surface area contributed by atoms with Gasteiger partial charge in [-0.1, -0.05) is 30.3 Å². The van der Waals surface area contributed by atoms with E-state index in [1.807, 2.05) is 32.3 Å². The van der Waals surface area contributed by atoms with Crippen molar-refractivity contribution in [2.45, 2.75) is 45.8 Å². The Morgan fingerprint density at radius 3 is 2.71 bits per heavy atom. The summed E-state index contributed by atoms with van der Waals surface area (Å²) < 4.78 is 22.2. The Labute approximate surface area is 218 Å². The van der Waals surface area contributed by atoms with Gasteiger partial charge in [0.2, 0.25) is 0 Å². The minimum atomic E-state index is -0.324. The van der Waals surface area contributed by atoms with Crippen LogP contribution in [-0.2, 0) is 13.1 Å². The summed E-state index contributed by atoms with van der Waals surface area (Å²) in [5.74, 6) is 2.25. The molecule has 1 heterocycles. The number of benzene rings is 2. The number of imidazole rings is 1. The highest BCUT2D eigenvalue weighted by Crippen LogP contribution is 2.30. The Kier molecular flexibility index (Phi) is 9.32. The Bertz CT molecular complexity index is 1110. The number of rotatable bonds is 9. The molecule has 1 aliphatic rings. The lowest BCUT2D eigenvalue weighted by Crippen LogP contribution is -2.38. The second-order valence-electron chi connectivity index (χ2n) is 8.66. The van der Waals surface area contributed by atoms with Crippen LogP contribution >= 0.6 is 24.0 Å². The number of ether oxygens (including phenoxy) is 1. The summed E-state index contributed by atoms with van der Waals surface area (Å²) in [7, 11) is 1.73. The SMILES string of the molecule is CN=C(NCc1cccc(Cn2ccnc2C)c1)NC(C)c1ccc(OCC2CC2)c(F)c1.I. The first-order valence-electron chi connectivity index (χ1n) is 11.5. The third-order valence-electron chi connectivity index (χ3n) is 5.93. The first-order chi connectivity index (χ1) is 16.0. The van der Waals surface area contributed by atoms with Crippen LogP contribution in [0.15, 0.2) is 59.9 Å². The summed E-state index contributed by atoms with van der Waals surface area (Å²) in [6.07, 6.45) is 6.17. The molecule has 1 saturated carbocycles. The maximum atomic E-state index is 14.5. The van der Waals surface area contributed by atoms with Gasteiger partial charge in [0.25, 0.3) is 0 Å². The predicted molar refractivity (Wildman–Crippen MR) is 144 cm³/mol. The van der Waals surface area contributed by atoms with Gasteiger partial charge in [-0.3, -0.25) is 4.99 Å². The van der Waals surface area contributed by atoms with E-state index in [2.05, 4.69) is 49.4 Å². The van der Waals surface area contributed by atoms with E-state index in [9.17, 15) is 4.39 Å². The maximum absolute atomic E-state index is 14.5. The Morgan fingerprint density at radius 1 is 1.24 bits per heavy atom. The highest BCUT2D eigenvalue weighted by atomic mass is 127. The van der Waals surface area contributed by atoms with Crippen LogP contribution in [0.1, 0.15) is 48.3 Å². The number of aryl methyl sites for hydroxylation is 1. The number of halogens is 2. The van der Waals surface area contributed by atoms with E-state index in [-0.39, 0.29) is 35.8 Å². The quantitative estimate of drug-likeness (QED) is 0.208. The Morgan fingerprint density at radius 2 is 2.03 bits per heavy atom. The molecule has 182 valence electrons. The van der Waals surface area contributed by atoms with Crippen LogP contribution in [-0.4, -0.2) is 29.2 Å². The molecule has 0 aliphatic heterocycles. The normalized spacial score (nSPS) is 14.3. The second-order valence-corrected chi connectivity index (χ2v) is 8.66. The van der Waals surface area contributed by atoms with Crippen LogP contribution in [0.4, 0.5) is 4.39 Å². The minimum Gasteiger partial charge on any atom is -0.490 e. The highest BCUT2D eigenvalue weighted by Gasteiger charge is 2.22. The predicted octanol–water partition coefficient (Wildman–Crippen LogP) is 5.21. The lowest BCUT2D eigenvalue weighted by atomic mass is 10.1. The minimum absolute atomic E-state index is 0. The molecule has 34 heavy (non-hydrogen) atoms. The average Bonchev–Trinajstić information content (AvgIpc) is 3.57. The van der Waals surface area contributed by atoms with Crippen molar-refractivity contribution in [2.75, 3.05) is 13.7 Å². The first-order valence-corrected chi connectivity index (χ1v) is 11.5. The maximum Gasteiger partial charge on any atom is 0.191 e. The smallest absolute Gasteiger partial charge is 0.191 e. The molecule has 0 spiro atoms. The number of nitrogens with zero attached hydrogens (tertiary/aromatic N) is 3. The summed E-state index contributed by atoms with van der Waals surface area (Å²) in [6, 6.07) is 13.5. The molecule has 0 bridgehead atoms. The molecule has 8 heteroatoms. The molecule has 0 amide bonds. The Hall–Kier alpha value is -2.62. The van der Waals surface area contributed by atoms with Gasteiger partial charge >= 0.3 is 0 Å². The van der Waals surface area contributed by atoms with Crippen molar-refractivity contribution in [1.29, 1.82) is 0 Å². The largest absolute Gasteiger partial charge is 0.490 e. The van der Waals surface area contributed by atoms with E-state index in [1.54, 1.807) is 13.1 Å². The number of aliphatic imine (C=N–C) groups is 1. The van der Waals surface area contributed by atoms with Crippen LogP contribution in [0, 0.1) is 18.7 Å². The number of aromatic nitrogens is 2. The van der Waals surface area contributed by atoms with Crippen molar-refractivity contribution in [3.8, 4) is 5.75 Å². The van der Waals surface area contributed by atoms with Crippen LogP contribution in [0.5, 0.6) is 5.75 Å². The van der Waals surface area contributed by atoms with E-state index >= 15 is 0 Å². The molecule has 0 radical (unpaired) electrons. The zero-order valence-electron chi connectivity index (χ0n) is 19.9. The van der Waals surface area contributed by atoms with E-state index in [0.717, 1.165) is 23.5 Å². The molecule has 1 aromatic heterocycles. The van der Waals surface area contributed by atoms with Crippen molar-refractivity contribution >= 4 is 29.9 Å². The fraction of sp³-hybridized carbons (Fsp3) is 0.385. The van der Waals surface area contributed by atoms with Gasteiger partial charge in [0.1, 0.15) is 5.82 Å². The summed E-state index contributed by atoms with van der Waals surface area (Å²) >= 11 is 0. The monoisotopic (exact) mass is 577 g/mol. The third kappa shape index (κ3) is 7.19. The summed E-state index contributed by atoms with van der Waals surface area (Å²) in [6.45, 7) is 6.01. The summed E-state index contributed by atoms with van der Waals surface area (Å²) in [5, 5.41) is 6.69. The van der Waals surface area contributed by atoms with Crippen molar-refractivity contribution in [2.24, 2.45) is 10.9 Å². The molecule has 2 N–H and O–H groups in total. The van der Waals surface area contributed by atoms with Gasteiger partial charge in [-0.2, -0.15) is 0 Å². The number of guanidine groups is 1. The zero-order valence-corrected chi connectivity index (χ0v) is 22.3. The topological polar surface area (TPSA) is 63.5 Å². The molecular weight excluding hydrogens is 544 g/mol. The van der Waals surface area contributed by atoms with Crippen molar-refractivity contribution in [3.05, 3.63) is 83.2 Å². The summed E-state index contributed by atoms with van der Waals surface area (Å²) in [4.78, 5) is 8.61. The fourth-order valence-electron chi connectivity index (χ4n) is 3.67. The molecule has 1 atom stereocenters. The Balaban J connectivity index is 0.00000324. The van der Waals surface area contributed by atoms with Gasteiger partial charge < -0.3 is 19.9 Å². The number of nitrogens with one attached hydrogen (secondary N) is 2. The molecule has 3 aromatic rings. The number of hydrogen-bond donors (Lipinski definition) is 2. The third-order valence-corrected chi connectivity index (χ3v) is 5.93. The molecular formula is C26H33FIN5O. The van der Waals surface area contributed by atoms with Crippen molar-refractivity contribution in [1.82, 2.24) is 20.2 Å². The summed E-state index contributed by atoms with van der Waals surface area (Å²) in [5.41, 5.74) is 3.21. The number of hydrogen-bond acceptors (Lipinski definition) is 3. The second kappa shape index (κ2) is 12.2. The van der Waals surface area contributed by atoms with E-state index < -0.39 is 0 Å². The molecule has 4 rings (SSSR count). The molecule has 1 aliphatic carbocycles. The van der Waals surface area contributed by atoms with Crippen LogP contribution in [0.3, 0.4) is 0 Å². The van der Waals surface area contributed by atoms with Gasteiger partial charge in [0.15, 0.2) is 17.5 Å². The standard InChI is InChI=1S/C26H32FN5O.HI/c1-18(23-9-10-25(24(27)14-23)33-17-20-7-8-20)31-26(28-3)30-15-21-5-4-6-22(13-21)16-32-12-11-29-19(32)2;/h4-6,9-14,18,20H,7-8,15-17H2,1-3H3,(H2,28,30,31);1H. The van der Waals surface area contributed by atoms with Crippen molar-refractivity contribution < 1.29 is 9.13 Å². The molecule has 1 unspecified atom stereocenters. The lowest BCUT2D eigenvalue weighted by Gasteiger charge is -2.19. The molecule has 1 fully saturated rings. The molecule has 0 saturated heterocycles. The van der Waals surface area contributed by atoms with Crippen LogP contribution in [0.2, 0.25) is 0 Å². The van der Waals surface area contributed by atoms with Crippen LogP contribution < -0.4 is 15.4 Å². The van der Waals surface area contributed by atoms with E-state index in [0.29, 0.717) is 30.8 Å². The zero-order chi connectivity index (χ0) is 23.2. The van der Waals surface area contributed by atoms with Gasteiger partial charge in [-0.15, -0.1) is 24.0 Å². The molecule has 2 aromatic carbocycles. The van der Waals surface area contributed by atoms with Gasteiger partial charge in [-0.05, 0) is 61.4 Å². The van der Waals surface area contributed by atoms with Crippen molar-refractivity contribution in [3.63, 3.8) is 0 Å². The van der Waals surface area contributed by atoms with Crippen LogP contribution in [0.25, 0.3) is 0 Å². The first kappa shape index (κ1) is 26.0. The van der Waals surface area contributed by atoms with Gasteiger partial charge in [0, 0.05) is 32.5 Å². The van der Waals surface area contributed by atoms with Gasteiger partial charge in [0.05, 0.1) is 12.6 Å². The average molecular weight is 577 g/mol. The van der Waals surface area contributed by atoms with E-state index in [4.69, 9.17) is 4.74 Å². The molecule has 6 nitrogen and oxygen atoms in total.